The van der Waals surface area contributed by atoms with Gasteiger partial charge in [-0.25, -0.2) is 0 Å². The monoisotopic (exact) mass is 235 g/mol. The third kappa shape index (κ3) is 3.32. The molecule has 0 aromatic carbocycles. The second-order valence-electron chi connectivity index (χ2n) is 5.19. The summed E-state index contributed by atoms with van der Waals surface area (Å²) in [6.07, 6.45) is 8.69. The fraction of sp³-hybridized carbons (Fsp3) is 0.786. The maximum atomic E-state index is 4.65. The van der Waals surface area contributed by atoms with Gasteiger partial charge in [0.15, 0.2) is 0 Å². The van der Waals surface area contributed by atoms with Crippen LogP contribution in [0.25, 0.3) is 0 Å². The quantitative estimate of drug-likeness (QED) is 0.787. The first-order valence-corrected chi connectivity index (χ1v) is 7.08. The molecule has 0 bridgehead atoms. The Kier molecular flexibility index (Phi) is 4.60. The van der Waals surface area contributed by atoms with Gasteiger partial charge in [0.05, 0.1) is 11.7 Å². The highest BCUT2D eigenvalue weighted by Gasteiger charge is 2.16. The third-order valence-corrected chi connectivity index (χ3v) is 3.94. The Morgan fingerprint density at radius 2 is 2.18 bits per heavy atom. The van der Waals surface area contributed by atoms with E-state index < -0.39 is 0 Å². The van der Waals surface area contributed by atoms with Gasteiger partial charge in [-0.05, 0) is 44.2 Å². The molecule has 0 aliphatic heterocycles. The molecule has 0 saturated heterocycles. The minimum atomic E-state index is 0.565. The minimum absolute atomic E-state index is 0.565. The number of nitrogens with zero attached hydrogens (tertiary/aromatic N) is 2. The summed E-state index contributed by atoms with van der Waals surface area (Å²) in [6.45, 7) is 6.54. The van der Waals surface area contributed by atoms with Gasteiger partial charge < -0.3 is 5.32 Å². The van der Waals surface area contributed by atoms with Crippen molar-refractivity contribution in [2.75, 3.05) is 6.54 Å². The molecule has 0 atom stereocenters. The van der Waals surface area contributed by atoms with E-state index in [1.807, 2.05) is 0 Å². The first kappa shape index (κ1) is 12.6. The van der Waals surface area contributed by atoms with Gasteiger partial charge in [0.25, 0.3) is 0 Å². The van der Waals surface area contributed by atoms with Crippen LogP contribution in [-0.2, 0) is 6.54 Å². The maximum absolute atomic E-state index is 4.65. The van der Waals surface area contributed by atoms with E-state index in [2.05, 4.69) is 41.2 Å². The summed E-state index contributed by atoms with van der Waals surface area (Å²) in [4.78, 5) is 0. The minimum Gasteiger partial charge on any atom is -0.311 e. The lowest BCUT2D eigenvalue weighted by molar-refractivity contribution is 0.300. The number of rotatable bonds is 7. The predicted molar refractivity (Wildman–Crippen MR) is 70.9 cm³/mol. The zero-order valence-electron chi connectivity index (χ0n) is 11.2. The highest BCUT2D eigenvalue weighted by atomic mass is 15.3. The van der Waals surface area contributed by atoms with E-state index in [1.54, 1.807) is 0 Å². The smallest absolute Gasteiger partial charge is 0.0762 e. The van der Waals surface area contributed by atoms with Crippen LogP contribution in [-0.4, -0.2) is 16.3 Å². The van der Waals surface area contributed by atoms with Gasteiger partial charge in [-0.3, -0.25) is 4.68 Å². The van der Waals surface area contributed by atoms with Crippen molar-refractivity contribution >= 4 is 0 Å². The lowest BCUT2D eigenvalue weighted by Crippen LogP contribution is -2.27. The number of hydrogen-bond donors (Lipinski definition) is 1. The van der Waals surface area contributed by atoms with E-state index in [-0.39, 0.29) is 0 Å². The van der Waals surface area contributed by atoms with Crippen LogP contribution < -0.4 is 5.32 Å². The van der Waals surface area contributed by atoms with Crippen LogP contribution in [0, 0.1) is 5.92 Å². The molecule has 17 heavy (non-hydrogen) atoms. The summed E-state index contributed by atoms with van der Waals surface area (Å²) in [5, 5.41) is 8.16. The van der Waals surface area contributed by atoms with Gasteiger partial charge in [-0.15, -0.1) is 0 Å². The van der Waals surface area contributed by atoms with Crippen molar-refractivity contribution in [1.29, 1.82) is 0 Å². The fourth-order valence-electron chi connectivity index (χ4n) is 2.44. The molecule has 1 aromatic rings. The Labute approximate surface area is 105 Å². The summed E-state index contributed by atoms with van der Waals surface area (Å²) in [5.41, 5.74) is 1.18. The molecule has 3 nitrogen and oxygen atoms in total. The molecule has 0 spiro atoms. The lowest BCUT2D eigenvalue weighted by atomic mass is 9.85. The van der Waals surface area contributed by atoms with Crippen molar-refractivity contribution < 1.29 is 0 Å². The zero-order chi connectivity index (χ0) is 12.1. The second-order valence-corrected chi connectivity index (χ2v) is 5.19. The molecule has 3 heteroatoms. The van der Waals surface area contributed by atoms with Crippen LogP contribution in [0.3, 0.4) is 0 Å². The van der Waals surface area contributed by atoms with Gasteiger partial charge in [0.2, 0.25) is 0 Å². The molecule has 1 aliphatic carbocycles. The molecule has 1 aromatic heterocycles. The summed E-state index contributed by atoms with van der Waals surface area (Å²) < 4.78 is 2.13. The van der Waals surface area contributed by atoms with E-state index in [4.69, 9.17) is 0 Å². The molecule has 0 amide bonds. The fourth-order valence-corrected chi connectivity index (χ4v) is 2.44. The largest absolute Gasteiger partial charge is 0.311 e. The van der Waals surface area contributed by atoms with E-state index >= 15 is 0 Å². The molecule has 1 fully saturated rings. The first-order chi connectivity index (χ1) is 8.33. The topological polar surface area (TPSA) is 29.9 Å². The van der Waals surface area contributed by atoms with Gasteiger partial charge in [0.1, 0.15) is 0 Å². The Hall–Kier alpha value is -0.830. The molecule has 96 valence electrons. The Balaban J connectivity index is 1.76. The predicted octanol–water partition coefficient (Wildman–Crippen LogP) is 3.13. The molecular weight excluding hydrogens is 210 g/mol. The third-order valence-electron chi connectivity index (χ3n) is 3.94. The van der Waals surface area contributed by atoms with Gasteiger partial charge >= 0.3 is 0 Å². The van der Waals surface area contributed by atoms with Gasteiger partial charge in [-0.1, -0.05) is 20.3 Å². The van der Waals surface area contributed by atoms with Crippen LogP contribution in [0.1, 0.15) is 57.7 Å². The van der Waals surface area contributed by atoms with Crippen molar-refractivity contribution in [1.82, 2.24) is 15.1 Å². The van der Waals surface area contributed by atoms with Crippen LogP contribution in [0.4, 0.5) is 0 Å². The van der Waals surface area contributed by atoms with Crippen LogP contribution in [0.2, 0.25) is 0 Å². The Bertz CT molecular complexity index is 324. The molecule has 1 aliphatic rings. The van der Waals surface area contributed by atoms with E-state index in [9.17, 15) is 0 Å². The van der Waals surface area contributed by atoms with Crippen LogP contribution in [0.15, 0.2) is 12.3 Å². The van der Waals surface area contributed by atoms with Crippen molar-refractivity contribution in [3.05, 3.63) is 18.0 Å². The highest BCUT2D eigenvalue weighted by Crippen LogP contribution is 2.25. The number of hydrogen-bond acceptors (Lipinski definition) is 2. The summed E-state index contributed by atoms with van der Waals surface area (Å²) in [7, 11) is 0. The normalized spacial score (nSPS) is 16.4. The molecule has 1 N–H and O–H groups in total. The van der Waals surface area contributed by atoms with E-state index in [0.29, 0.717) is 6.04 Å². The van der Waals surface area contributed by atoms with Crippen molar-refractivity contribution in [3.63, 3.8) is 0 Å². The molecular formula is C14H25N3. The SMILES string of the molecule is CCC(CC)n1ccc(CNCC2CCC2)n1. The molecule has 0 unspecified atom stereocenters. The van der Waals surface area contributed by atoms with Crippen LogP contribution in [0.5, 0.6) is 0 Å². The molecule has 0 radical (unpaired) electrons. The van der Waals surface area contributed by atoms with Crippen molar-refractivity contribution in [2.24, 2.45) is 5.92 Å². The average molecular weight is 235 g/mol. The standard InChI is InChI=1S/C14H25N3/c1-3-14(4-2)17-9-8-13(16-17)11-15-10-12-6-5-7-12/h8-9,12,14-15H,3-7,10-11H2,1-2H3. The average Bonchev–Trinajstić information content (AvgIpc) is 2.72. The maximum Gasteiger partial charge on any atom is 0.0762 e. The molecule has 1 heterocycles. The molecule has 2 rings (SSSR count). The molecule has 1 saturated carbocycles. The summed E-state index contributed by atoms with van der Waals surface area (Å²) >= 11 is 0. The van der Waals surface area contributed by atoms with Gasteiger partial charge in [0, 0.05) is 12.7 Å². The second kappa shape index (κ2) is 6.20. The Morgan fingerprint density at radius 1 is 1.41 bits per heavy atom. The van der Waals surface area contributed by atoms with E-state index in [0.717, 1.165) is 31.8 Å². The number of nitrogens with one attached hydrogen (secondary N) is 1. The van der Waals surface area contributed by atoms with E-state index in [1.165, 1.54) is 25.0 Å². The van der Waals surface area contributed by atoms with Crippen LogP contribution >= 0.6 is 0 Å². The van der Waals surface area contributed by atoms with Gasteiger partial charge in [-0.2, -0.15) is 5.10 Å². The van der Waals surface area contributed by atoms with Crippen molar-refractivity contribution in [3.8, 4) is 0 Å². The highest BCUT2D eigenvalue weighted by molar-refractivity contribution is 4.99. The first-order valence-electron chi connectivity index (χ1n) is 7.08. The number of aromatic nitrogens is 2. The van der Waals surface area contributed by atoms with Crippen molar-refractivity contribution in [2.45, 2.75) is 58.5 Å². The zero-order valence-corrected chi connectivity index (χ0v) is 11.2. The lowest BCUT2D eigenvalue weighted by Gasteiger charge is -2.25. The Morgan fingerprint density at radius 3 is 2.76 bits per heavy atom. The summed E-state index contributed by atoms with van der Waals surface area (Å²) in [6, 6.07) is 2.71. The summed E-state index contributed by atoms with van der Waals surface area (Å²) in [5.74, 6) is 0.927.